The zero-order valence-electron chi connectivity index (χ0n) is 10.1. The summed E-state index contributed by atoms with van der Waals surface area (Å²) in [6.07, 6.45) is 2.58. The number of morpholine rings is 1. The van der Waals surface area contributed by atoms with Gasteiger partial charge in [0.2, 0.25) is 0 Å². The fraction of sp³-hybridized carbons (Fsp3) is 0.583. The molecule has 0 radical (unpaired) electrons. The van der Waals surface area contributed by atoms with Crippen molar-refractivity contribution in [3.8, 4) is 0 Å². The van der Waals surface area contributed by atoms with Crippen LogP contribution in [0.15, 0.2) is 12.3 Å². The van der Waals surface area contributed by atoms with Crippen molar-refractivity contribution in [3.05, 3.63) is 23.0 Å². The van der Waals surface area contributed by atoms with Gasteiger partial charge in [-0.1, -0.05) is 11.6 Å². The Balaban J connectivity index is 1.84. The highest BCUT2D eigenvalue weighted by Gasteiger charge is 2.13. The van der Waals surface area contributed by atoms with Gasteiger partial charge in [-0.05, 0) is 12.5 Å². The second-order valence-corrected chi connectivity index (χ2v) is 4.79. The van der Waals surface area contributed by atoms with E-state index in [-0.39, 0.29) is 5.69 Å². The Kier molecular flexibility index (Phi) is 4.63. The van der Waals surface area contributed by atoms with Gasteiger partial charge in [-0.2, -0.15) is 0 Å². The number of halogens is 1. The van der Waals surface area contributed by atoms with Gasteiger partial charge >= 0.3 is 5.97 Å². The fourth-order valence-electron chi connectivity index (χ4n) is 2.13. The maximum absolute atomic E-state index is 11.0. The number of aromatic nitrogens is 1. The molecule has 1 aliphatic heterocycles. The summed E-state index contributed by atoms with van der Waals surface area (Å²) in [5.41, 5.74) is 0.252. The second kappa shape index (κ2) is 6.22. The van der Waals surface area contributed by atoms with Crippen LogP contribution in [0.4, 0.5) is 0 Å². The van der Waals surface area contributed by atoms with Gasteiger partial charge in [0.05, 0.1) is 18.2 Å². The third-order valence-electron chi connectivity index (χ3n) is 3.06. The summed E-state index contributed by atoms with van der Waals surface area (Å²) in [4.78, 5) is 13.3. The van der Waals surface area contributed by atoms with Crippen molar-refractivity contribution in [2.45, 2.75) is 13.0 Å². The molecule has 1 aromatic heterocycles. The van der Waals surface area contributed by atoms with E-state index < -0.39 is 5.97 Å². The van der Waals surface area contributed by atoms with Gasteiger partial charge in [0.25, 0.3) is 0 Å². The summed E-state index contributed by atoms with van der Waals surface area (Å²) in [6.45, 7) is 5.12. The van der Waals surface area contributed by atoms with Gasteiger partial charge in [0, 0.05) is 32.4 Å². The topological polar surface area (TPSA) is 54.7 Å². The van der Waals surface area contributed by atoms with Gasteiger partial charge in [-0.3, -0.25) is 4.90 Å². The number of rotatable bonds is 5. The third kappa shape index (κ3) is 3.48. The molecule has 0 amide bonds. The zero-order valence-corrected chi connectivity index (χ0v) is 10.9. The zero-order chi connectivity index (χ0) is 13.0. The van der Waals surface area contributed by atoms with E-state index in [0.29, 0.717) is 11.6 Å². The van der Waals surface area contributed by atoms with Crippen LogP contribution in [0.5, 0.6) is 0 Å². The molecule has 6 heteroatoms. The van der Waals surface area contributed by atoms with Crippen molar-refractivity contribution in [2.24, 2.45) is 0 Å². The molecule has 0 unspecified atom stereocenters. The molecule has 2 rings (SSSR count). The Labute approximate surface area is 111 Å². The minimum Gasteiger partial charge on any atom is -0.477 e. The van der Waals surface area contributed by atoms with Crippen molar-refractivity contribution in [1.29, 1.82) is 0 Å². The number of nitrogens with zero attached hydrogens (tertiary/aromatic N) is 2. The van der Waals surface area contributed by atoms with Crippen molar-refractivity contribution in [2.75, 3.05) is 32.8 Å². The van der Waals surface area contributed by atoms with Crippen molar-refractivity contribution in [3.63, 3.8) is 0 Å². The van der Waals surface area contributed by atoms with Crippen molar-refractivity contribution >= 4 is 17.6 Å². The van der Waals surface area contributed by atoms with Crippen molar-refractivity contribution in [1.82, 2.24) is 9.47 Å². The van der Waals surface area contributed by atoms with Crippen LogP contribution in [-0.4, -0.2) is 53.4 Å². The van der Waals surface area contributed by atoms with Crippen molar-refractivity contribution < 1.29 is 14.6 Å². The monoisotopic (exact) mass is 272 g/mol. The molecule has 2 heterocycles. The van der Waals surface area contributed by atoms with E-state index >= 15 is 0 Å². The van der Waals surface area contributed by atoms with E-state index in [0.717, 1.165) is 39.3 Å². The summed E-state index contributed by atoms with van der Waals surface area (Å²) in [7, 11) is 0. The second-order valence-electron chi connectivity index (χ2n) is 4.35. The predicted octanol–water partition coefficient (Wildman–Crippen LogP) is 1.56. The molecule has 0 aromatic carbocycles. The molecule has 100 valence electrons. The molecule has 0 bridgehead atoms. The lowest BCUT2D eigenvalue weighted by atomic mass is 10.3. The highest BCUT2D eigenvalue weighted by Crippen LogP contribution is 2.15. The maximum Gasteiger partial charge on any atom is 0.352 e. The SMILES string of the molecule is O=C(O)c1cc(Cl)cn1CCCN1CCOCC1. The van der Waals surface area contributed by atoms with E-state index in [1.54, 1.807) is 10.8 Å². The Bertz CT molecular complexity index is 413. The number of ether oxygens (including phenoxy) is 1. The Morgan fingerprint density at radius 1 is 1.39 bits per heavy atom. The molecule has 1 aromatic rings. The first-order valence-electron chi connectivity index (χ1n) is 6.06. The summed E-state index contributed by atoms with van der Waals surface area (Å²) in [5, 5.41) is 9.49. The predicted molar refractivity (Wildman–Crippen MR) is 68.3 cm³/mol. The molecule has 1 saturated heterocycles. The van der Waals surface area contributed by atoms with E-state index in [1.165, 1.54) is 6.07 Å². The average Bonchev–Trinajstić information content (AvgIpc) is 2.72. The minimum atomic E-state index is -0.937. The van der Waals surface area contributed by atoms with Crippen LogP contribution in [0.1, 0.15) is 16.9 Å². The molecule has 0 atom stereocenters. The smallest absolute Gasteiger partial charge is 0.352 e. The lowest BCUT2D eigenvalue weighted by molar-refractivity contribution is 0.0369. The summed E-state index contributed by atoms with van der Waals surface area (Å²) < 4.78 is 6.98. The first kappa shape index (κ1) is 13.4. The molecule has 1 fully saturated rings. The average molecular weight is 273 g/mol. The summed E-state index contributed by atoms with van der Waals surface area (Å²) >= 11 is 5.83. The maximum atomic E-state index is 11.0. The number of aryl methyl sites for hydroxylation is 1. The van der Waals surface area contributed by atoms with Crippen LogP contribution < -0.4 is 0 Å². The van der Waals surface area contributed by atoms with Gasteiger partial charge in [-0.25, -0.2) is 4.79 Å². The molecule has 0 saturated carbocycles. The number of aromatic carboxylic acids is 1. The van der Waals surface area contributed by atoms with Gasteiger partial charge in [-0.15, -0.1) is 0 Å². The van der Waals surface area contributed by atoms with E-state index in [1.807, 2.05) is 0 Å². The molecular weight excluding hydrogens is 256 g/mol. The minimum absolute atomic E-state index is 0.252. The molecule has 5 nitrogen and oxygen atoms in total. The largest absolute Gasteiger partial charge is 0.477 e. The Hall–Kier alpha value is -1.04. The fourth-order valence-corrected chi connectivity index (χ4v) is 2.35. The summed E-state index contributed by atoms with van der Waals surface area (Å²) in [6, 6.07) is 1.48. The Morgan fingerprint density at radius 2 is 2.11 bits per heavy atom. The lowest BCUT2D eigenvalue weighted by Crippen LogP contribution is -2.37. The van der Waals surface area contributed by atoms with Crippen LogP contribution in [0, 0.1) is 0 Å². The van der Waals surface area contributed by atoms with Crippen LogP contribution in [0.3, 0.4) is 0 Å². The first-order chi connectivity index (χ1) is 8.66. The van der Waals surface area contributed by atoms with E-state index in [4.69, 9.17) is 21.4 Å². The third-order valence-corrected chi connectivity index (χ3v) is 3.27. The van der Waals surface area contributed by atoms with E-state index in [9.17, 15) is 4.79 Å². The van der Waals surface area contributed by atoms with Gasteiger partial charge in [0.15, 0.2) is 0 Å². The molecule has 1 aliphatic rings. The van der Waals surface area contributed by atoms with Crippen LogP contribution in [0.25, 0.3) is 0 Å². The molecule has 1 N–H and O–H groups in total. The van der Waals surface area contributed by atoms with Crippen LogP contribution >= 0.6 is 11.6 Å². The number of carboxylic acids is 1. The number of hydrogen-bond acceptors (Lipinski definition) is 3. The number of hydrogen-bond donors (Lipinski definition) is 1. The van der Waals surface area contributed by atoms with E-state index in [2.05, 4.69) is 4.90 Å². The van der Waals surface area contributed by atoms with Crippen LogP contribution in [0.2, 0.25) is 5.02 Å². The molecule has 0 aliphatic carbocycles. The van der Waals surface area contributed by atoms with Gasteiger partial charge < -0.3 is 14.4 Å². The molecular formula is C12H17ClN2O3. The standard InChI is InChI=1S/C12H17ClN2O3/c13-10-8-11(12(16)17)15(9-10)3-1-2-14-4-6-18-7-5-14/h8-9H,1-7H2,(H,16,17). The quantitative estimate of drug-likeness (QED) is 0.884. The highest BCUT2D eigenvalue weighted by molar-refractivity contribution is 6.30. The first-order valence-corrected chi connectivity index (χ1v) is 6.43. The Morgan fingerprint density at radius 3 is 2.78 bits per heavy atom. The van der Waals surface area contributed by atoms with Crippen LogP contribution in [-0.2, 0) is 11.3 Å². The number of carboxylic acid groups (broad SMARTS) is 1. The molecule has 0 spiro atoms. The highest BCUT2D eigenvalue weighted by atomic mass is 35.5. The molecule has 18 heavy (non-hydrogen) atoms. The summed E-state index contributed by atoms with van der Waals surface area (Å²) in [5.74, 6) is -0.937. The lowest BCUT2D eigenvalue weighted by Gasteiger charge is -2.26. The van der Waals surface area contributed by atoms with Gasteiger partial charge in [0.1, 0.15) is 5.69 Å². The number of carbonyl (C=O) groups is 1. The normalized spacial score (nSPS) is 16.9.